The molecule has 9 heteroatoms. The summed E-state index contributed by atoms with van der Waals surface area (Å²) in [5.41, 5.74) is 1.91. The normalized spacial score (nSPS) is 16.5. The first-order valence-corrected chi connectivity index (χ1v) is 9.92. The number of aromatic nitrogens is 2. The number of carbonyl (C=O) groups is 2. The lowest BCUT2D eigenvalue weighted by atomic mass is 10.1. The van der Waals surface area contributed by atoms with Crippen LogP contribution in [0.4, 0.5) is 5.13 Å². The molecule has 28 heavy (non-hydrogen) atoms. The Morgan fingerprint density at radius 3 is 2.96 bits per heavy atom. The quantitative estimate of drug-likeness (QED) is 0.703. The lowest BCUT2D eigenvalue weighted by Gasteiger charge is -2.22. The van der Waals surface area contributed by atoms with Crippen LogP contribution in [-0.4, -0.2) is 33.4 Å². The van der Waals surface area contributed by atoms with Gasteiger partial charge in [0.2, 0.25) is 5.91 Å². The zero-order chi connectivity index (χ0) is 19.7. The molecule has 4 rings (SSSR count). The smallest absolute Gasteiger partial charge is 0.260 e. The van der Waals surface area contributed by atoms with Gasteiger partial charge in [-0.25, -0.2) is 4.98 Å². The van der Waals surface area contributed by atoms with Crippen LogP contribution in [0.2, 0.25) is 0 Å². The average Bonchev–Trinajstić information content (AvgIpc) is 3.42. The predicted molar refractivity (Wildman–Crippen MR) is 102 cm³/mol. The summed E-state index contributed by atoms with van der Waals surface area (Å²) in [6, 6.07) is 3.42. The Balaban J connectivity index is 1.40. The number of thiazole rings is 1. The monoisotopic (exact) mass is 400 g/mol. The Bertz CT molecular complexity index is 1010. The molecule has 1 aliphatic heterocycles. The summed E-state index contributed by atoms with van der Waals surface area (Å²) >= 11 is 1.29. The van der Waals surface area contributed by atoms with Gasteiger partial charge in [0.15, 0.2) is 10.9 Å². The third kappa shape index (κ3) is 3.70. The fourth-order valence-electron chi connectivity index (χ4n) is 3.39. The van der Waals surface area contributed by atoms with E-state index in [9.17, 15) is 9.59 Å². The number of carbonyl (C=O) groups excluding carboxylic acids is 2. The molecule has 1 fully saturated rings. The van der Waals surface area contributed by atoms with E-state index in [0.29, 0.717) is 28.7 Å². The highest BCUT2D eigenvalue weighted by atomic mass is 32.1. The molecule has 0 saturated carbocycles. The topological polar surface area (TPSA) is 101 Å². The molecule has 1 saturated heterocycles. The van der Waals surface area contributed by atoms with Gasteiger partial charge in [-0.15, -0.1) is 11.3 Å². The Hall–Kier alpha value is -2.94. The summed E-state index contributed by atoms with van der Waals surface area (Å²) in [6.07, 6.45) is 3.45. The Kier molecular flexibility index (Phi) is 4.99. The zero-order valence-electron chi connectivity index (χ0n) is 15.6. The fraction of sp³-hybridized carbons (Fsp3) is 0.368. The fourth-order valence-corrected chi connectivity index (χ4v) is 4.09. The molecule has 0 radical (unpaired) electrons. The van der Waals surface area contributed by atoms with Crippen LogP contribution in [0, 0.1) is 13.8 Å². The molecule has 1 aliphatic rings. The van der Waals surface area contributed by atoms with Gasteiger partial charge in [-0.2, -0.15) is 0 Å². The number of likely N-dealkylation sites (tertiary alicyclic amines) is 1. The molecule has 1 unspecified atom stereocenters. The van der Waals surface area contributed by atoms with Gasteiger partial charge in [0.1, 0.15) is 5.76 Å². The zero-order valence-corrected chi connectivity index (χ0v) is 16.4. The molecule has 0 spiro atoms. The minimum atomic E-state index is -0.279. The van der Waals surface area contributed by atoms with Crippen molar-refractivity contribution in [2.75, 3.05) is 11.9 Å². The van der Waals surface area contributed by atoms with Crippen molar-refractivity contribution in [3.63, 3.8) is 0 Å². The SMILES string of the molecule is Cc1cc(C2CCCN2C(=O)Cc2csc(NC(=O)c3ccoc3C)n2)on1. The first-order valence-electron chi connectivity index (χ1n) is 9.04. The summed E-state index contributed by atoms with van der Waals surface area (Å²) in [5, 5.41) is 8.92. The van der Waals surface area contributed by atoms with E-state index in [1.807, 2.05) is 17.9 Å². The maximum Gasteiger partial charge on any atom is 0.260 e. The van der Waals surface area contributed by atoms with Gasteiger partial charge in [0.05, 0.1) is 35.7 Å². The van der Waals surface area contributed by atoms with Crippen LogP contribution in [0.1, 0.15) is 52.1 Å². The maximum absolute atomic E-state index is 12.8. The second kappa shape index (κ2) is 7.59. The van der Waals surface area contributed by atoms with E-state index < -0.39 is 0 Å². The highest BCUT2D eigenvalue weighted by Crippen LogP contribution is 2.33. The van der Waals surface area contributed by atoms with Gasteiger partial charge in [-0.3, -0.25) is 14.9 Å². The number of hydrogen-bond donors (Lipinski definition) is 1. The van der Waals surface area contributed by atoms with Gasteiger partial charge in [0.25, 0.3) is 5.91 Å². The first kappa shape index (κ1) is 18.4. The average molecular weight is 400 g/mol. The minimum Gasteiger partial charge on any atom is -0.469 e. The largest absolute Gasteiger partial charge is 0.469 e. The lowest BCUT2D eigenvalue weighted by molar-refractivity contribution is -0.131. The van der Waals surface area contributed by atoms with E-state index in [1.54, 1.807) is 18.4 Å². The highest BCUT2D eigenvalue weighted by Gasteiger charge is 2.32. The molecule has 1 N–H and O–H groups in total. The molecule has 1 atom stereocenters. The Morgan fingerprint density at radius 2 is 2.25 bits per heavy atom. The highest BCUT2D eigenvalue weighted by molar-refractivity contribution is 7.14. The van der Waals surface area contributed by atoms with Crippen molar-refractivity contribution in [3.8, 4) is 0 Å². The van der Waals surface area contributed by atoms with E-state index >= 15 is 0 Å². The molecule has 3 aromatic rings. The van der Waals surface area contributed by atoms with Crippen molar-refractivity contribution in [3.05, 3.63) is 52.2 Å². The van der Waals surface area contributed by atoms with Crippen molar-refractivity contribution < 1.29 is 18.5 Å². The van der Waals surface area contributed by atoms with Gasteiger partial charge in [-0.05, 0) is 32.8 Å². The molecule has 2 amide bonds. The molecule has 3 aromatic heterocycles. The molecular weight excluding hydrogens is 380 g/mol. The molecule has 0 aromatic carbocycles. The van der Waals surface area contributed by atoms with Crippen LogP contribution in [0.3, 0.4) is 0 Å². The first-order chi connectivity index (χ1) is 13.5. The summed E-state index contributed by atoms with van der Waals surface area (Å²) in [6.45, 7) is 4.28. The van der Waals surface area contributed by atoms with Gasteiger partial charge in [0, 0.05) is 18.0 Å². The Morgan fingerprint density at radius 1 is 1.39 bits per heavy atom. The van der Waals surface area contributed by atoms with Crippen molar-refractivity contribution in [2.45, 2.75) is 39.2 Å². The van der Waals surface area contributed by atoms with Crippen molar-refractivity contribution in [1.82, 2.24) is 15.0 Å². The van der Waals surface area contributed by atoms with Crippen molar-refractivity contribution >= 4 is 28.3 Å². The summed E-state index contributed by atoms with van der Waals surface area (Å²) < 4.78 is 10.5. The number of rotatable bonds is 5. The van der Waals surface area contributed by atoms with Crippen LogP contribution >= 0.6 is 11.3 Å². The lowest BCUT2D eigenvalue weighted by Crippen LogP contribution is -2.31. The van der Waals surface area contributed by atoms with Crippen molar-refractivity contribution in [2.24, 2.45) is 0 Å². The number of hydrogen-bond acceptors (Lipinski definition) is 7. The summed E-state index contributed by atoms with van der Waals surface area (Å²) in [5.74, 6) is 0.987. The predicted octanol–water partition coefficient (Wildman–Crippen LogP) is 3.50. The molecule has 8 nitrogen and oxygen atoms in total. The maximum atomic E-state index is 12.8. The number of amides is 2. The van der Waals surface area contributed by atoms with Gasteiger partial charge < -0.3 is 13.8 Å². The van der Waals surface area contributed by atoms with E-state index in [4.69, 9.17) is 8.94 Å². The van der Waals surface area contributed by atoms with Crippen molar-refractivity contribution in [1.29, 1.82) is 0 Å². The van der Waals surface area contributed by atoms with Crippen LogP contribution in [0.15, 0.2) is 32.7 Å². The number of aryl methyl sites for hydroxylation is 2. The minimum absolute atomic E-state index is 0.00888. The van der Waals surface area contributed by atoms with Crippen LogP contribution in [-0.2, 0) is 11.2 Å². The molecule has 0 bridgehead atoms. The number of furan rings is 1. The summed E-state index contributed by atoms with van der Waals surface area (Å²) in [4.78, 5) is 31.2. The second-order valence-corrected chi connectivity index (χ2v) is 7.64. The number of anilines is 1. The van der Waals surface area contributed by atoms with Gasteiger partial charge in [-0.1, -0.05) is 5.16 Å². The van der Waals surface area contributed by atoms with E-state index in [-0.39, 0.29) is 24.3 Å². The molecular formula is C19H20N4O4S. The van der Waals surface area contributed by atoms with Crippen LogP contribution in [0.5, 0.6) is 0 Å². The second-order valence-electron chi connectivity index (χ2n) is 6.78. The van der Waals surface area contributed by atoms with E-state index in [2.05, 4.69) is 15.5 Å². The third-order valence-electron chi connectivity index (χ3n) is 4.76. The van der Waals surface area contributed by atoms with E-state index in [1.165, 1.54) is 17.6 Å². The molecule has 146 valence electrons. The standard InChI is InChI=1S/C19H20N4O4S/c1-11-8-16(27-22-11)15-4-3-6-23(15)17(24)9-13-10-28-19(20-13)21-18(25)14-5-7-26-12(14)2/h5,7-8,10,15H,3-4,6,9H2,1-2H3,(H,20,21,25). The van der Waals surface area contributed by atoms with Crippen LogP contribution < -0.4 is 5.32 Å². The van der Waals surface area contributed by atoms with Crippen LogP contribution in [0.25, 0.3) is 0 Å². The number of nitrogens with one attached hydrogen (secondary N) is 1. The van der Waals surface area contributed by atoms with Gasteiger partial charge >= 0.3 is 0 Å². The summed E-state index contributed by atoms with van der Waals surface area (Å²) in [7, 11) is 0. The molecule has 4 heterocycles. The van der Waals surface area contributed by atoms with E-state index in [0.717, 1.165) is 24.3 Å². The third-order valence-corrected chi connectivity index (χ3v) is 5.56. The number of nitrogens with zero attached hydrogens (tertiary/aromatic N) is 3. The Labute approximate surface area is 165 Å². The molecule has 0 aliphatic carbocycles.